The van der Waals surface area contributed by atoms with Gasteiger partial charge in [0.05, 0.1) is 10.9 Å². The second-order valence-corrected chi connectivity index (χ2v) is 8.16. The highest BCUT2D eigenvalue weighted by Gasteiger charge is 2.33. The van der Waals surface area contributed by atoms with Crippen LogP contribution in [0.5, 0.6) is 0 Å². The summed E-state index contributed by atoms with van der Waals surface area (Å²) in [4.78, 5) is 32.3. The normalized spacial score (nSPS) is 25.2. The average Bonchev–Trinajstić information content (AvgIpc) is 3.15. The van der Waals surface area contributed by atoms with E-state index in [9.17, 15) is 9.59 Å². The smallest absolute Gasteiger partial charge is 0.261 e. The first-order chi connectivity index (χ1) is 12.7. The van der Waals surface area contributed by atoms with E-state index < -0.39 is 0 Å². The fourth-order valence-electron chi connectivity index (χ4n) is 5.18. The molecule has 5 heteroatoms. The molecule has 2 aromatic rings. The molecule has 1 saturated carbocycles. The molecule has 0 N–H and O–H groups in total. The first-order valence-electron chi connectivity index (χ1n) is 10.0. The van der Waals surface area contributed by atoms with Crippen LogP contribution in [0.3, 0.4) is 0 Å². The lowest BCUT2D eigenvalue weighted by atomic mass is 9.75. The Hall–Kier alpha value is -2.17. The molecule has 1 amide bonds. The Labute approximate surface area is 153 Å². The Balaban J connectivity index is 1.44. The van der Waals surface area contributed by atoms with Gasteiger partial charge in [0.25, 0.3) is 11.5 Å². The number of aromatic nitrogens is 2. The van der Waals surface area contributed by atoms with Gasteiger partial charge in [0.2, 0.25) is 0 Å². The zero-order valence-corrected chi connectivity index (χ0v) is 15.1. The molecule has 0 radical (unpaired) electrons. The second kappa shape index (κ2) is 6.22. The molecular weight excluding hydrogens is 326 g/mol. The number of nitrogens with zero attached hydrogens (tertiary/aromatic N) is 3. The zero-order chi connectivity index (χ0) is 17.7. The molecule has 5 nitrogen and oxygen atoms in total. The fraction of sp³-hybridized carbons (Fsp3) is 0.571. The van der Waals surface area contributed by atoms with Gasteiger partial charge in [-0.3, -0.25) is 14.2 Å². The molecule has 2 fully saturated rings. The van der Waals surface area contributed by atoms with Crippen LogP contribution in [-0.2, 0) is 13.0 Å². The summed E-state index contributed by atoms with van der Waals surface area (Å²) in [6, 6.07) is 5.42. The lowest BCUT2D eigenvalue weighted by molar-refractivity contribution is 0.0521. The van der Waals surface area contributed by atoms with Gasteiger partial charge in [-0.05, 0) is 49.3 Å². The Morgan fingerprint density at radius 1 is 1.04 bits per heavy atom. The molecule has 136 valence electrons. The molecule has 0 spiro atoms. The van der Waals surface area contributed by atoms with Gasteiger partial charge in [0.15, 0.2) is 0 Å². The van der Waals surface area contributed by atoms with Gasteiger partial charge < -0.3 is 4.90 Å². The summed E-state index contributed by atoms with van der Waals surface area (Å²) in [6.07, 6.45) is 8.21. The van der Waals surface area contributed by atoms with Crippen LogP contribution in [0, 0.1) is 11.8 Å². The number of benzene rings is 1. The number of aryl methyl sites for hydroxylation is 1. The van der Waals surface area contributed by atoms with Gasteiger partial charge in [-0.1, -0.05) is 19.3 Å². The third-order valence-corrected chi connectivity index (χ3v) is 6.64. The van der Waals surface area contributed by atoms with Crippen molar-refractivity contribution in [2.75, 3.05) is 13.1 Å². The lowest BCUT2D eigenvalue weighted by Gasteiger charge is -2.41. The quantitative estimate of drug-likeness (QED) is 0.794. The third kappa shape index (κ3) is 2.56. The topological polar surface area (TPSA) is 55.2 Å². The number of hydrogen-bond donors (Lipinski definition) is 0. The fourth-order valence-corrected chi connectivity index (χ4v) is 5.18. The van der Waals surface area contributed by atoms with Crippen molar-refractivity contribution in [3.63, 3.8) is 0 Å². The van der Waals surface area contributed by atoms with E-state index in [1.54, 1.807) is 10.6 Å². The number of carbonyl (C=O) groups excluding carboxylic acids is 1. The van der Waals surface area contributed by atoms with E-state index in [2.05, 4.69) is 4.98 Å². The predicted octanol–water partition coefficient (Wildman–Crippen LogP) is 3.00. The van der Waals surface area contributed by atoms with E-state index >= 15 is 0 Å². The monoisotopic (exact) mass is 351 g/mol. The molecule has 3 aliphatic rings. The number of rotatable bonds is 1. The maximum Gasteiger partial charge on any atom is 0.261 e. The number of hydrogen-bond acceptors (Lipinski definition) is 3. The average molecular weight is 351 g/mol. The Morgan fingerprint density at radius 3 is 2.77 bits per heavy atom. The predicted molar refractivity (Wildman–Crippen MR) is 100 cm³/mol. The maximum absolute atomic E-state index is 13.1. The van der Waals surface area contributed by atoms with Crippen LogP contribution >= 0.6 is 0 Å². The van der Waals surface area contributed by atoms with Crippen molar-refractivity contribution < 1.29 is 4.79 Å². The van der Waals surface area contributed by atoms with Crippen LogP contribution in [0.25, 0.3) is 10.9 Å². The zero-order valence-electron chi connectivity index (χ0n) is 15.1. The van der Waals surface area contributed by atoms with E-state index in [0.29, 0.717) is 22.4 Å². The number of amides is 1. The van der Waals surface area contributed by atoms with Crippen molar-refractivity contribution in [1.82, 2.24) is 14.5 Å². The van der Waals surface area contributed by atoms with Crippen LogP contribution in [-0.4, -0.2) is 33.4 Å². The first-order valence-corrected chi connectivity index (χ1v) is 10.0. The first kappa shape index (κ1) is 16.0. The molecule has 3 heterocycles. The van der Waals surface area contributed by atoms with Gasteiger partial charge in [0, 0.05) is 31.6 Å². The summed E-state index contributed by atoms with van der Waals surface area (Å²) in [6.45, 7) is 2.51. The van der Waals surface area contributed by atoms with E-state index in [-0.39, 0.29) is 11.5 Å². The lowest BCUT2D eigenvalue weighted by Crippen LogP contribution is -2.44. The van der Waals surface area contributed by atoms with Crippen LogP contribution in [0.4, 0.5) is 0 Å². The Morgan fingerprint density at radius 2 is 1.88 bits per heavy atom. The number of likely N-dealkylation sites (tertiary alicyclic amines) is 1. The molecule has 1 saturated heterocycles. The van der Waals surface area contributed by atoms with E-state index in [1.807, 2.05) is 17.0 Å². The number of piperidine rings is 1. The molecule has 0 unspecified atom stereocenters. The summed E-state index contributed by atoms with van der Waals surface area (Å²) in [5.41, 5.74) is 1.37. The SMILES string of the molecule is O=C(c1ccc2c(=O)n3c(nc2c1)CCC3)N1CC[C@H]2CCCC[C@H]2C1. The highest BCUT2D eigenvalue weighted by atomic mass is 16.2. The minimum atomic E-state index is 0.0320. The maximum atomic E-state index is 13.1. The molecule has 5 rings (SSSR count). The highest BCUT2D eigenvalue weighted by molar-refractivity contribution is 5.97. The summed E-state index contributed by atoms with van der Waals surface area (Å²) in [5, 5.41) is 0.623. The van der Waals surface area contributed by atoms with Crippen molar-refractivity contribution in [1.29, 1.82) is 0 Å². The van der Waals surface area contributed by atoms with Crippen LogP contribution in [0.2, 0.25) is 0 Å². The van der Waals surface area contributed by atoms with Crippen molar-refractivity contribution >= 4 is 16.8 Å². The van der Waals surface area contributed by atoms with Crippen molar-refractivity contribution in [2.45, 2.75) is 51.5 Å². The van der Waals surface area contributed by atoms with Gasteiger partial charge in [-0.15, -0.1) is 0 Å². The summed E-state index contributed by atoms with van der Waals surface area (Å²) in [5.74, 6) is 2.44. The van der Waals surface area contributed by atoms with Gasteiger partial charge in [0.1, 0.15) is 5.82 Å². The molecule has 1 aromatic carbocycles. The van der Waals surface area contributed by atoms with E-state index in [4.69, 9.17) is 0 Å². The molecule has 1 aliphatic carbocycles. The minimum absolute atomic E-state index is 0.0320. The van der Waals surface area contributed by atoms with Crippen LogP contribution < -0.4 is 5.56 Å². The third-order valence-electron chi connectivity index (χ3n) is 6.64. The second-order valence-electron chi connectivity index (χ2n) is 8.16. The van der Waals surface area contributed by atoms with Crippen molar-refractivity contribution in [3.8, 4) is 0 Å². The molecular formula is C21H25N3O2. The van der Waals surface area contributed by atoms with Crippen LogP contribution in [0.1, 0.15) is 54.7 Å². The standard InChI is InChI=1S/C21H25N3O2/c25-20(23-11-9-14-4-1-2-5-16(14)13-23)15-7-8-17-18(12-15)22-19-6-3-10-24(19)21(17)26/h7-8,12,14,16H,1-6,9-11,13H2/t14-,16+/m1/s1. The van der Waals surface area contributed by atoms with Crippen molar-refractivity contribution in [2.24, 2.45) is 11.8 Å². The number of fused-ring (bicyclic) bond motifs is 3. The number of carbonyl (C=O) groups is 1. The largest absolute Gasteiger partial charge is 0.338 e. The Kier molecular flexibility index (Phi) is 3.84. The molecule has 0 bridgehead atoms. The van der Waals surface area contributed by atoms with Gasteiger partial charge >= 0.3 is 0 Å². The molecule has 2 aliphatic heterocycles. The van der Waals surface area contributed by atoms with Crippen molar-refractivity contribution in [3.05, 3.63) is 39.9 Å². The molecule has 2 atom stereocenters. The van der Waals surface area contributed by atoms with E-state index in [0.717, 1.165) is 50.6 Å². The van der Waals surface area contributed by atoms with Crippen LogP contribution in [0.15, 0.2) is 23.0 Å². The Bertz CT molecular complexity index is 933. The molecule has 1 aromatic heterocycles. The summed E-state index contributed by atoms with van der Waals surface area (Å²) < 4.78 is 1.78. The van der Waals surface area contributed by atoms with Gasteiger partial charge in [-0.25, -0.2) is 4.98 Å². The molecule has 26 heavy (non-hydrogen) atoms. The minimum Gasteiger partial charge on any atom is -0.338 e. The van der Waals surface area contributed by atoms with E-state index in [1.165, 1.54) is 25.7 Å². The van der Waals surface area contributed by atoms with Gasteiger partial charge in [-0.2, -0.15) is 0 Å². The highest BCUT2D eigenvalue weighted by Crippen LogP contribution is 2.36. The summed E-state index contributed by atoms with van der Waals surface area (Å²) in [7, 11) is 0. The summed E-state index contributed by atoms with van der Waals surface area (Å²) >= 11 is 0.